The highest BCUT2D eigenvalue weighted by Crippen LogP contribution is 2.37. The summed E-state index contributed by atoms with van der Waals surface area (Å²) in [6.45, 7) is 4.14. The van der Waals surface area contributed by atoms with Crippen LogP contribution in [0.3, 0.4) is 0 Å². The van der Waals surface area contributed by atoms with Crippen LogP contribution in [0.2, 0.25) is 0 Å². The quantitative estimate of drug-likeness (QED) is 0.888. The van der Waals surface area contributed by atoms with Crippen LogP contribution in [-0.2, 0) is 0 Å². The normalized spacial score (nSPS) is 13.2. The first-order chi connectivity index (χ1) is 8.40. The van der Waals surface area contributed by atoms with Crippen LogP contribution in [0.5, 0.6) is 11.5 Å². The third-order valence-electron chi connectivity index (χ3n) is 2.19. The summed E-state index contributed by atoms with van der Waals surface area (Å²) in [5.74, 6) is 0.553. The van der Waals surface area contributed by atoms with E-state index in [9.17, 15) is 13.2 Å². The minimum absolute atomic E-state index is 0.195. The predicted octanol–water partition coefficient (Wildman–Crippen LogP) is 3.08. The fraction of sp³-hybridized carbons (Fsp3) is 0.500. The molecule has 102 valence electrons. The van der Waals surface area contributed by atoms with E-state index in [0.717, 1.165) is 6.07 Å². The lowest BCUT2D eigenvalue weighted by Crippen LogP contribution is -2.20. The molecule has 1 aromatic rings. The predicted molar refractivity (Wildman–Crippen MR) is 59.8 cm³/mol. The summed E-state index contributed by atoms with van der Waals surface area (Å²) in [5.41, 5.74) is -0.269. The molecule has 1 N–H and O–H groups in total. The molecule has 0 spiro atoms. The number of rotatable bonds is 5. The number of hydrogen-bond acceptors (Lipinski definition) is 3. The van der Waals surface area contributed by atoms with Gasteiger partial charge in [-0.1, -0.05) is 6.07 Å². The number of hydrogen-bond donors (Lipinski definition) is 1. The molecule has 0 unspecified atom stereocenters. The molecule has 1 atom stereocenters. The fourth-order valence-electron chi connectivity index (χ4n) is 1.43. The number of benzene rings is 1. The van der Waals surface area contributed by atoms with Crippen molar-refractivity contribution in [3.63, 3.8) is 0 Å². The summed E-state index contributed by atoms with van der Waals surface area (Å²) in [6.07, 6.45) is -7.22. The molecular weight excluding hydrogens is 249 g/mol. The van der Waals surface area contributed by atoms with Crippen LogP contribution in [-0.4, -0.2) is 24.5 Å². The molecule has 3 nitrogen and oxygen atoms in total. The molecule has 1 rings (SSSR count). The van der Waals surface area contributed by atoms with E-state index < -0.39 is 12.3 Å². The van der Waals surface area contributed by atoms with Gasteiger partial charge in [-0.3, -0.25) is 0 Å². The highest BCUT2D eigenvalue weighted by Gasteiger charge is 2.39. The molecule has 0 fully saturated rings. The van der Waals surface area contributed by atoms with Crippen LogP contribution in [0.4, 0.5) is 13.2 Å². The Bertz CT molecular complexity index is 391. The number of aliphatic hydroxyl groups excluding tert-OH is 1. The van der Waals surface area contributed by atoms with Crippen molar-refractivity contribution in [2.45, 2.75) is 26.1 Å². The Hall–Kier alpha value is -1.43. The topological polar surface area (TPSA) is 38.7 Å². The largest absolute Gasteiger partial charge is 0.490 e. The van der Waals surface area contributed by atoms with Crippen LogP contribution < -0.4 is 9.47 Å². The van der Waals surface area contributed by atoms with Gasteiger partial charge < -0.3 is 14.6 Å². The summed E-state index contributed by atoms with van der Waals surface area (Å²) in [7, 11) is 0. The van der Waals surface area contributed by atoms with Crippen molar-refractivity contribution in [2.75, 3.05) is 13.2 Å². The van der Waals surface area contributed by atoms with Crippen molar-refractivity contribution < 1.29 is 27.8 Å². The first-order valence-corrected chi connectivity index (χ1v) is 5.54. The third kappa shape index (κ3) is 3.53. The lowest BCUT2D eigenvalue weighted by molar-refractivity contribution is -0.206. The second-order valence-electron chi connectivity index (χ2n) is 3.52. The molecule has 0 radical (unpaired) electrons. The molecular formula is C12H15F3O3. The Morgan fingerprint density at radius 1 is 1.11 bits per heavy atom. The van der Waals surface area contributed by atoms with E-state index in [4.69, 9.17) is 14.6 Å². The summed E-state index contributed by atoms with van der Waals surface area (Å²) in [6, 6.07) is 3.68. The van der Waals surface area contributed by atoms with Gasteiger partial charge in [-0.25, -0.2) is 0 Å². The minimum Gasteiger partial charge on any atom is -0.490 e. The molecule has 0 heterocycles. The maximum atomic E-state index is 12.4. The van der Waals surface area contributed by atoms with E-state index in [1.165, 1.54) is 12.1 Å². The molecule has 6 heteroatoms. The van der Waals surface area contributed by atoms with Gasteiger partial charge in [-0.2, -0.15) is 13.2 Å². The monoisotopic (exact) mass is 264 g/mol. The van der Waals surface area contributed by atoms with E-state index in [0.29, 0.717) is 19.0 Å². The molecule has 0 amide bonds. The van der Waals surface area contributed by atoms with Crippen LogP contribution in [0.25, 0.3) is 0 Å². The number of aliphatic hydroxyl groups is 1. The van der Waals surface area contributed by atoms with Gasteiger partial charge in [0, 0.05) is 0 Å². The maximum absolute atomic E-state index is 12.4. The van der Waals surface area contributed by atoms with E-state index in [2.05, 4.69) is 0 Å². The number of alkyl halides is 3. The first-order valence-electron chi connectivity index (χ1n) is 5.54. The lowest BCUT2D eigenvalue weighted by Gasteiger charge is -2.17. The Morgan fingerprint density at radius 2 is 1.67 bits per heavy atom. The van der Waals surface area contributed by atoms with Crippen molar-refractivity contribution >= 4 is 0 Å². The molecule has 0 bridgehead atoms. The molecule has 0 aliphatic carbocycles. The average Bonchev–Trinajstić information content (AvgIpc) is 2.30. The highest BCUT2D eigenvalue weighted by molar-refractivity contribution is 5.43. The van der Waals surface area contributed by atoms with Gasteiger partial charge >= 0.3 is 6.18 Å². The van der Waals surface area contributed by atoms with Crippen LogP contribution in [0.1, 0.15) is 25.5 Å². The molecule has 1 aromatic carbocycles. The van der Waals surface area contributed by atoms with E-state index in [1.807, 2.05) is 0 Å². The highest BCUT2D eigenvalue weighted by atomic mass is 19.4. The fourth-order valence-corrected chi connectivity index (χ4v) is 1.43. The zero-order valence-electron chi connectivity index (χ0n) is 10.1. The van der Waals surface area contributed by atoms with Crippen molar-refractivity contribution in [1.29, 1.82) is 0 Å². The standard InChI is InChI=1S/C12H15F3O3/c1-3-17-9-6-5-8(7-10(9)18-4-2)11(16)12(13,14)15/h5-7,11,16H,3-4H2,1-2H3/t11-/m0/s1. The zero-order valence-corrected chi connectivity index (χ0v) is 10.1. The van der Waals surface area contributed by atoms with Gasteiger partial charge in [0.2, 0.25) is 0 Å². The molecule has 0 aliphatic rings. The summed E-state index contributed by atoms with van der Waals surface area (Å²) < 4.78 is 47.5. The van der Waals surface area contributed by atoms with Crippen LogP contribution in [0, 0.1) is 0 Å². The molecule has 0 saturated carbocycles. The molecule has 0 saturated heterocycles. The third-order valence-corrected chi connectivity index (χ3v) is 2.19. The van der Waals surface area contributed by atoms with Gasteiger partial charge in [-0.15, -0.1) is 0 Å². The smallest absolute Gasteiger partial charge is 0.418 e. The van der Waals surface area contributed by atoms with E-state index in [-0.39, 0.29) is 11.3 Å². The van der Waals surface area contributed by atoms with Crippen LogP contribution >= 0.6 is 0 Å². The Kier molecular flexibility index (Phi) is 4.84. The zero-order chi connectivity index (χ0) is 13.8. The number of halogens is 3. The summed E-state index contributed by atoms with van der Waals surface area (Å²) in [5, 5.41) is 9.15. The van der Waals surface area contributed by atoms with Gasteiger partial charge in [0.05, 0.1) is 13.2 Å². The van der Waals surface area contributed by atoms with Crippen molar-refractivity contribution in [1.82, 2.24) is 0 Å². The number of ether oxygens (including phenoxy) is 2. The average molecular weight is 264 g/mol. The minimum atomic E-state index is -4.70. The van der Waals surface area contributed by atoms with E-state index >= 15 is 0 Å². The second-order valence-corrected chi connectivity index (χ2v) is 3.52. The van der Waals surface area contributed by atoms with Crippen LogP contribution in [0.15, 0.2) is 18.2 Å². The Morgan fingerprint density at radius 3 is 2.17 bits per heavy atom. The van der Waals surface area contributed by atoms with E-state index in [1.54, 1.807) is 13.8 Å². The SMILES string of the molecule is CCOc1ccc([C@H](O)C(F)(F)F)cc1OCC. The second kappa shape index (κ2) is 5.95. The Balaban J connectivity index is 3.06. The molecule has 0 aromatic heterocycles. The maximum Gasteiger partial charge on any atom is 0.418 e. The lowest BCUT2D eigenvalue weighted by atomic mass is 10.1. The first kappa shape index (κ1) is 14.6. The van der Waals surface area contributed by atoms with Gasteiger partial charge in [0.15, 0.2) is 17.6 Å². The molecule has 18 heavy (non-hydrogen) atoms. The van der Waals surface area contributed by atoms with Gasteiger partial charge in [0.25, 0.3) is 0 Å². The van der Waals surface area contributed by atoms with Crippen molar-refractivity contribution in [2.24, 2.45) is 0 Å². The molecule has 0 aliphatic heterocycles. The van der Waals surface area contributed by atoms with Crippen molar-refractivity contribution in [3.8, 4) is 11.5 Å². The Labute approximate surface area is 103 Å². The summed E-state index contributed by atoms with van der Waals surface area (Å²) >= 11 is 0. The van der Waals surface area contributed by atoms with Crippen molar-refractivity contribution in [3.05, 3.63) is 23.8 Å². The van der Waals surface area contributed by atoms with Gasteiger partial charge in [0.1, 0.15) is 0 Å². The summed E-state index contributed by atoms with van der Waals surface area (Å²) in [4.78, 5) is 0. The van der Waals surface area contributed by atoms with Gasteiger partial charge in [-0.05, 0) is 31.5 Å².